The lowest BCUT2D eigenvalue weighted by Crippen LogP contribution is -2.47. The highest BCUT2D eigenvalue weighted by atomic mass is 16.7. The Kier molecular flexibility index (Phi) is 3.36. The molecule has 0 aromatic carbocycles. The molecule has 0 saturated carbocycles. The Bertz CT molecular complexity index is 246. The third kappa shape index (κ3) is 2.87. The number of carbonyl (C=O) groups excluding carboxylic acids is 2. The number of ether oxygens (including phenoxy) is 2. The van der Waals surface area contributed by atoms with Gasteiger partial charge in [-0.1, -0.05) is 0 Å². The second-order valence-corrected chi connectivity index (χ2v) is 3.66. The monoisotopic (exact) mass is 202 g/mol. The number of rotatable bonds is 3. The number of hydrogen-bond acceptors (Lipinski definition) is 5. The van der Waals surface area contributed by atoms with Crippen molar-refractivity contribution in [3.63, 3.8) is 0 Å². The van der Waals surface area contributed by atoms with E-state index in [4.69, 9.17) is 14.6 Å². The Morgan fingerprint density at radius 2 is 2.29 bits per heavy atom. The van der Waals surface area contributed by atoms with E-state index >= 15 is 0 Å². The molecule has 0 spiro atoms. The normalized spacial score (nSPS) is 26.2. The summed E-state index contributed by atoms with van der Waals surface area (Å²) in [6.45, 7) is 2.75. The van der Waals surface area contributed by atoms with Gasteiger partial charge in [0.05, 0.1) is 0 Å². The van der Waals surface area contributed by atoms with Gasteiger partial charge >= 0.3 is 0 Å². The molecule has 1 N–H and O–H groups in total. The van der Waals surface area contributed by atoms with Gasteiger partial charge in [0, 0.05) is 6.42 Å². The zero-order chi connectivity index (χ0) is 10.8. The highest BCUT2D eigenvalue weighted by Gasteiger charge is 2.35. The van der Waals surface area contributed by atoms with Crippen molar-refractivity contribution in [2.75, 3.05) is 13.2 Å². The molecule has 5 nitrogen and oxygen atoms in total. The van der Waals surface area contributed by atoms with Crippen molar-refractivity contribution in [3.8, 4) is 0 Å². The minimum Gasteiger partial charge on any atom is -0.389 e. The van der Waals surface area contributed by atoms with E-state index in [0.717, 1.165) is 0 Å². The van der Waals surface area contributed by atoms with Gasteiger partial charge in [0.1, 0.15) is 19.3 Å². The van der Waals surface area contributed by atoms with Crippen LogP contribution in [0.3, 0.4) is 0 Å². The van der Waals surface area contributed by atoms with Gasteiger partial charge in [-0.3, -0.25) is 9.59 Å². The number of ketones is 2. The Hall–Kier alpha value is -0.780. The van der Waals surface area contributed by atoms with Gasteiger partial charge in [0.25, 0.3) is 0 Å². The van der Waals surface area contributed by atoms with E-state index in [1.165, 1.54) is 0 Å². The van der Waals surface area contributed by atoms with Gasteiger partial charge in [-0.15, -0.1) is 0 Å². The van der Waals surface area contributed by atoms with Gasteiger partial charge in [-0.05, 0) is 13.8 Å². The number of carbonyl (C=O) groups is 2. The molecule has 0 radical (unpaired) electrons. The molecule has 5 heteroatoms. The molecule has 1 atom stereocenters. The summed E-state index contributed by atoms with van der Waals surface area (Å²) in [6, 6.07) is 0. The molecule has 1 rings (SSSR count). The SMILES string of the molecule is CC1(C)OCC(=O)C(CC(=O)CO)O1. The zero-order valence-corrected chi connectivity index (χ0v) is 8.28. The summed E-state index contributed by atoms with van der Waals surface area (Å²) in [7, 11) is 0. The maximum atomic E-state index is 11.2. The smallest absolute Gasteiger partial charge is 0.187 e. The molecule has 80 valence electrons. The van der Waals surface area contributed by atoms with E-state index in [1.807, 2.05) is 0 Å². The van der Waals surface area contributed by atoms with E-state index in [2.05, 4.69) is 0 Å². The first kappa shape index (κ1) is 11.3. The van der Waals surface area contributed by atoms with Crippen LogP contribution < -0.4 is 0 Å². The first-order valence-corrected chi connectivity index (χ1v) is 4.41. The van der Waals surface area contributed by atoms with Crippen molar-refractivity contribution in [1.82, 2.24) is 0 Å². The lowest BCUT2D eigenvalue weighted by Gasteiger charge is -2.34. The van der Waals surface area contributed by atoms with Gasteiger partial charge < -0.3 is 14.6 Å². The summed E-state index contributed by atoms with van der Waals surface area (Å²) in [5, 5.41) is 8.53. The molecule has 0 bridgehead atoms. The van der Waals surface area contributed by atoms with E-state index in [9.17, 15) is 9.59 Å². The van der Waals surface area contributed by atoms with Crippen LogP contribution in [0.25, 0.3) is 0 Å². The molecule has 1 unspecified atom stereocenters. The number of aliphatic hydroxyl groups excluding tert-OH is 1. The molecule has 0 aliphatic carbocycles. The lowest BCUT2D eigenvalue weighted by atomic mass is 10.1. The maximum Gasteiger partial charge on any atom is 0.187 e. The van der Waals surface area contributed by atoms with Crippen LogP contribution in [0.2, 0.25) is 0 Å². The molecule has 14 heavy (non-hydrogen) atoms. The quantitative estimate of drug-likeness (QED) is 0.677. The number of hydrogen-bond donors (Lipinski definition) is 1. The van der Waals surface area contributed by atoms with Crippen LogP contribution in [0.4, 0.5) is 0 Å². The van der Waals surface area contributed by atoms with Crippen molar-refractivity contribution >= 4 is 11.6 Å². The van der Waals surface area contributed by atoms with Crippen LogP contribution in [0.5, 0.6) is 0 Å². The standard InChI is InChI=1S/C9H14O5/c1-9(2)13-5-7(12)8(14-9)3-6(11)4-10/h8,10H,3-5H2,1-2H3. The van der Waals surface area contributed by atoms with E-state index in [1.54, 1.807) is 13.8 Å². The van der Waals surface area contributed by atoms with Crippen LogP contribution in [0.15, 0.2) is 0 Å². The highest BCUT2D eigenvalue weighted by Crippen LogP contribution is 2.21. The number of Topliss-reactive ketones (excluding diaryl/α,β-unsaturated/α-hetero) is 2. The average molecular weight is 202 g/mol. The Morgan fingerprint density at radius 1 is 1.64 bits per heavy atom. The number of aliphatic hydroxyl groups is 1. The van der Waals surface area contributed by atoms with Gasteiger partial charge in [0.2, 0.25) is 0 Å². The molecule has 1 fully saturated rings. The van der Waals surface area contributed by atoms with Crippen molar-refractivity contribution in [2.24, 2.45) is 0 Å². The van der Waals surface area contributed by atoms with E-state index in [-0.39, 0.29) is 18.8 Å². The summed E-state index contributed by atoms with van der Waals surface area (Å²) in [5.41, 5.74) is 0. The molecule has 0 amide bonds. The molecule has 1 heterocycles. The Morgan fingerprint density at radius 3 is 2.86 bits per heavy atom. The maximum absolute atomic E-state index is 11.2. The van der Waals surface area contributed by atoms with E-state index < -0.39 is 24.3 Å². The van der Waals surface area contributed by atoms with Crippen LogP contribution in [0.1, 0.15) is 20.3 Å². The third-order valence-electron chi connectivity index (χ3n) is 1.94. The van der Waals surface area contributed by atoms with Crippen molar-refractivity contribution in [1.29, 1.82) is 0 Å². The van der Waals surface area contributed by atoms with Crippen LogP contribution >= 0.6 is 0 Å². The fraction of sp³-hybridized carbons (Fsp3) is 0.778. The highest BCUT2D eigenvalue weighted by molar-refractivity contribution is 5.91. The predicted molar refractivity (Wildman–Crippen MR) is 46.6 cm³/mol. The molecular formula is C9H14O5. The Labute approximate surface area is 82.0 Å². The summed E-state index contributed by atoms with van der Waals surface area (Å²) < 4.78 is 10.3. The summed E-state index contributed by atoms with van der Waals surface area (Å²) in [6.07, 6.45) is -0.860. The largest absolute Gasteiger partial charge is 0.389 e. The molecular weight excluding hydrogens is 188 g/mol. The first-order valence-electron chi connectivity index (χ1n) is 4.41. The second kappa shape index (κ2) is 4.16. The zero-order valence-electron chi connectivity index (χ0n) is 8.28. The molecule has 1 aliphatic heterocycles. The van der Waals surface area contributed by atoms with Gasteiger partial charge in [-0.2, -0.15) is 0 Å². The summed E-state index contributed by atoms with van der Waals surface area (Å²) >= 11 is 0. The molecule has 1 saturated heterocycles. The summed E-state index contributed by atoms with van der Waals surface area (Å²) in [4.78, 5) is 22.2. The van der Waals surface area contributed by atoms with Crippen LogP contribution in [-0.4, -0.2) is 41.8 Å². The summed E-state index contributed by atoms with van der Waals surface area (Å²) in [5.74, 6) is -1.50. The van der Waals surface area contributed by atoms with Gasteiger partial charge in [0.15, 0.2) is 17.4 Å². The predicted octanol–water partition coefficient (Wildman–Crippen LogP) is -0.342. The van der Waals surface area contributed by atoms with E-state index in [0.29, 0.717) is 0 Å². The minimum atomic E-state index is -0.839. The fourth-order valence-corrected chi connectivity index (χ4v) is 1.21. The minimum absolute atomic E-state index is 0.0453. The van der Waals surface area contributed by atoms with Gasteiger partial charge in [-0.25, -0.2) is 0 Å². The third-order valence-corrected chi connectivity index (χ3v) is 1.94. The van der Waals surface area contributed by atoms with Crippen molar-refractivity contribution in [3.05, 3.63) is 0 Å². The topological polar surface area (TPSA) is 72.8 Å². The fourth-order valence-electron chi connectivity index (χ4n) is 1.21. The molecule has 0 aromatic heterocycles. The molecule has 0 aromatic rings. The Balaban J connectivity index is 2.57. The van der Waals surface area contributed by atoms with Crippen LogP contribution in [0, 0.1) is 0 Å². The lowest BCUT2D eigenvalue weighted by molar-refractivity contribution is -0.258. The first-order chi connectivity index (χ1) is 6.44. The van der Waals surface area contributed by atoms with Crippen LogP contribution in [-0.2, 0) is 19.1 Å². The second-order valence-electron chi connectivity index (χ2n) is 3.66. The van der Waals surface area contributed by atoms with Crippen molar-refractivity contribution in [2.45, 2.75) is 32.2 Å². The molecule has 1 aliphatic rings. The average Bonchev–Trinajstić information content (AvgIpc) is 2.11. The van der Waals surface area contributed by atoms with Crippen molar-refractivity contribution < 1.29 is 24.2 Å².